The SMILES string of the molecule is Cn1cc([N+](=O)[O-])c(C(=O)Nc2c(C#N)cnn2C)n1. The van der Waals surface area contributed by atoms with E-state index in [1.807, 2.05) is 6.07 Å². The van der Waals surface area contributed by atoms with Crippen molar-refractivity contribution in [2.45, 2.75) is 0 Å². The maximum Gasteiger partial charge on any atom is 0.320 e. The van der Waals surface area contributed by atoms with Gasteiger partial charge in [-0.1, -0.05) is 0 Å². The smallest absolute Gasteiger partial charge is 0.304 e. The highest BCUT2D eigenvalue weighted by Gasteiger charge is 2.26. The quantitative estimate of drug-likeness (QED) is 0.628. The van der Waals surface area contributed by atoms with Gasteiger partial charge in [-0.05, 0) is 0 Å². The zero-order valence-corrected chi connectivity index (χ0v) is 10.6. The van der Waals surface area contributed by atoms with Crippen LogP contribution in [0.5, 0.6) is 0 Å². The van der Waals surface area contributed by atoms with Crippen LogP contribution in [0.2, 0.25) is 0 Å². The molecule has 10 heteroatoms. The summed E-state index contributed by atoms with van der Waals surface area (Å²) in [6.07, 6.45) is 2.41. The lowest BCUT2D eigenvalue weighted by Gasteiger charge is -2.03. The highest BCUT2D eigenvalue weighted by atomic mass is 16.6. The predicted molar refractivity (Wildman–Crippen MR) is 65.7 cm³/mol. The molecule has 1 amide bonds. The van der Waals surface area contributed by atoms with Crippen LogP contribution in [-0.2, 0) is 14.1 Å². The number of amides is 1. The molecule has 0 aliphatic heterocycles. The number of nitro groups is 1. The van der Waals surface area contributed by atoms with E-state index in [2.05, 4.69) is 15.5 Å². The van der Waals surface area contributed by atoms with E-state index in [0.717, 1.165) is 6.20 Å². The monoisotopic (exact) mass is 275 g/mol. The number of hydrogen-bond donors (Lipinski definition) is 1. The minimum absolute atomic E-state index is 0.150. The molecule has 1 N–H and O–H groups in total. The fraction of sp³-hybridized carbons (Fsp3) is 0.200. The molecule has 102 valence electrons. The first kappa shape index (κ1) is 13.2. The number of carbonyl (C=O) groups is 1. The van der Waals surface area contributed by atoms with Crippen LogP contribution >= 0.6 is 0 Å². The molecule has 10 nitrogen and oxygen atoms in total. The van der Waals surface area contributed by atoms with Crippen molar-refractivity contribution in [1.82, 2.24) is 19.6 Å². The highest BCUT2D eigenvalue weighted by molar-refractivity contribution is 6.05. The molecule has 2 aromatic heterocycles. The van der Waals surface area contributed by atoms with E-state index in [0.29, 0.717) is 0 Å². The van der Waals surface area contributed by atoms with Crippen molar-refractivity contribution in [3.63, 3.8) is 0 Å². The van der Waals surface area contributed by atoms with Crippen LogP contribution in [0.25, 0.3) is 0 Å². The fourth-order valence-corrected chi connectivity index (χ4v) is 1.61. The molecule has 0 aliphatic rings. The van der Waals surface area contributed by atoms with Gasteiger partial charge in [0.25, 0.3) is 5.91 Å². The summed E-state index contributed by atoms with van der Waals surface area (Å²) in [5.41, 5.74) is -0.590. The van der Waals surface area contributed by atoms with Gasteiger partial charge in [-0.2, -0.15) is 15.5 Å². The molecule has 0 atom stereocenters. The molecule has 2 heterocycles. The molecule has 0 aromatic carbocycles. The van der Waals surface area contributed by atoms with E-state index in [-0.39, 0.29) is 17.1 Å². The van der Waals surface area contributed by atoms with E-state index in [1.165, 1.54) is 29.7 Å². The summed E-state index contributed by atoms with van der Waals surface area (Å²) in [4.78, 5) is 22.2. The largest absolute Gasteiger partial charge is 0.320 e. The molecular weight excluding hydrogens is 266 g/mol. The first-order valence-corrected chi connectivity index (χ1v) is 5.35. The van der Waals surface area contributed by atoms with Gasteiger partial charge in [-0.25, -0.2) is 0 Å². The fourth-order valence-electron chi connectivity index (χ4n) is 1.61. The van der Waals surface area contributed by atoms with Crippen LogP contribution in [0.15, 0.2) is 12.4 Å². The lowest BCUT2D eigenvalue weighted by atomic mass is 10.3. The molecule has 0 aliphatic carbocycles. The van der Waals surface area contributed by atoms with Gasteiger partial charge in [-0.15, -0.1) is 0 Å². The van der Waals surface area contributed by atoms with Crippen LogP contribution in [0.1, 0.15) is 16.1 Å². The van der Waals surface area contributed by atoms with Gasteiger partial charge in [0.1, 0.15) is 23.6 Å². The first-order valence-electron chi connectivity index (χ1n) is 5.35. The Morgan fingerprint density at radius 1 is 1.55 bits per heavy atom. The third-order valence-corrected chi connectivity index (χ3v) is 2.51. The molecule has 0 unspecified atom stereocenters. The number of aromatic nitrogens is 4. The topological polar surface area (TPSA) is 132 Å². The lowest BCUT2D eigenvalue weighted by Crippen LogP contribution is -2.17. The van der Waals surface area contributed by atoms with Crippen LogP contribution < -0.4 is 5.32 Å². The van der Waals surface area contributed by atoms with Crippen LogP contribution in [-0.4, -0.2) is 30.4 Å². The summed E-state index contributed by atoms with van der Waals surface area (Å²) in [5.74, 6) is -0.630. The summed E-state index contributed by atoms with van der Waals surface area (Å²) < 4.78 is 2.45. The maximum absolute atomic E-state index is 12.0. The van der Waals surface area contributed by atoms with Crippen molar-refractivity contribution in [1.29, 1.82) is 5.26 Å². The predicted octanol–water partition coefficient (Wildman–Crippen LogP) is 0.186. The van der Waals surface area contributed by atoms with Crippen LogP contribution in [0, 0.1) is 21.4 Å². The molecule has 0 radical (unpaired) electrons. The van der Waals surface area contributed by atoms with Gasteiger partial charge >= 0.3 is 5.69 Å². The summed E-state index contributed by atoms with van der Waals surface area (Å²) >= 11 is 0. The Balaban J connectivity index is 2.36. The standard InChI is InChI=1S/C10H9N7O3/c1-15-5-7(17(19)20)8(14-15)10(18)13-9-6(3-11)4-12-16(9)2/h4-5H,1-2H3,(H,13,18). The lowest BCUT2D eigenvalue weighted by molar-refractivity contribution is -0.385. The number of carbonyl (C=O) groups excluding carboxylic acids is 1. The Labute approximate surface area is 112 Å². The number of nitrogens with one attached hydrogen (secondary N) is 1. The molecule has 2 rings (SSSR count). The number of anilines is 1. The number of nitrogens with zero attached hydrogens (tertiary/aromatic N) is 6. The third-order valence-electron chi connectivity index (χ3n) is 2.51. The number of rotatable bonds is 3. The second-order valence-electron chi connectivity index (χ2n) is 3.89. The van der Waals surface area contributed by atoms with E-state index in [4.69, 9.17) is 5.26 Å². The van der Waals surface area contributed by atoms with Gasteiger partial charge < -0.3 is 5.32 Å². The summed E-state index contributed by atoms with van der Waals surface area (Å²) in [7, 11) is 3.00. The van der Waals surface area contributed by atoms with Crippen LogP contribution in [0.4, 0.5) is 11.5 Å². The van der Waals surface area contributed by atoms with Crippen molar-refractivity contribution in [2.24, 2.45) is 14.1 Å². The minimum Gasteiger partial charge on any atom is -0.304 e. The third kappa shape index (κ3) is 2.19. The second-order valence-corrected chi connectivity index (χ2v) is 3.89. The maximum atomic E-state index is 12.0. The average molecular weight is 275 g/mol. The Morgan fingerprint density at radius 3 is 2.85 bits per heavy atom. The van der Waals surface area contributed by atoms with E-state index < -0.39 is 16.5 Å². The Bertz CT molecular complexity index is 737. The van der Waals surface area contributed by atoms with E-state index in [9.17, 15) is 14.9 Å². The molecule has 0 saturated heterocycles. The molecule has 0 spiro atoms. The van der Waals surface area contributed by atoms with Gasteiger partial charge in [0.15, 0.2) is 0 Å². The minimum atomic E-state index is -0.780. The molecule has 0 bridgehead atoms. The summed E-state index contributed by atoms with van der Waals surface area (Å²) in [5, 5.41) is 29.7. The average Bonchev–Trinajstić information content (AvgIpc) is 2.94. The zero-order valence-electron chi connectivity index (χ0n) is 10.6. The van der Waals surface area contributed by atoms with Crippen molar-refractivity contribution < 1.29 is 9.72 Å². The Morgan fingerprint density at radius 2 is 2.25 bits per heavy atom. The summed E-state index contributed by atoms with van der Waals surface area (Å²) in [6.45, 7) is 0. The van der Waals surface area contributed by atoms with E-state index >= 15 is 0 Å². The molecule has 2 aromatic rings. The van der Waals surface area contributed by atoms with E-state index in [1.54, 1.807) is 0 Å². The highest BCUT2D eigenvalue weighted by Crippen LogP contribution is 2.19. The number of aryl methyl sites for hydroxylation is 2. The van der Waals surface area contributed by atoms with Crippen molar-refractivity contribution >= 4 is 17.4 Å². The number of hydrogen-bond acceptors (Lipinski definition) is 6. The first-order chi connectivity index (χ1) is 9.43. The summed E-state index contributed by atoms with van der Waals surface area (Å²) in [6, 6.07) is 1.86. The molecule has 20 heavy (non-hydrogen) atoms. The second kappa shape index (κ2) is 4.81. The van der Waals surface area contributed by atoms with Crippen molar-refractivity contribution in [3.8, 4) is 6.07 Å². The molecule has 0 saturated carbocycles. The van der Waals surface area contributed by atoms with Crippen LogP contribution in [0.3, 0.4) is 0 Å². The molecule has 0 fully saturated rings. The number of nitriles is 1. The Kier molecular flexibility index (Phi) is 3.18. The molecular formula is C10H9N7O3. The normalized spacial score (nSPS) is 10.1. The van der Waals surface area contributed by atoms with Crippen molar-refractivity contribution in [3.05, 3.63) is 33.8 Å². The van der Waals surface area contributed by atoms with Gasteiger partial charge in [0.05, 0.1) is 11.1 Å². The van der Waals surface area contributed by atoms with Crippen molar-refractivity contribution in [2.75, 3.05) is 5.32 Å². The van der Waals surface area contributed by atoms with Gasteiger partial charge in [0, 0.05) is 14.1 Å². The zero-order chi connectivity index (χ0) is 14.9. The van der Waals surface area contributed by atoms with Gasteiger partial charge in [-0.3, -0.25) is 24.3 Å². The Hall–Kier alpha value is -3.22. The van der Waals surface area contributed by atoms with Gasteiger partial charge in [0.2, 0.25) is 5.69 Å².